The molecule has 0 rings (SSSR count). The van der Waals surface area contributed by atoms with Crippen LogP contribution in [0.3, 0.4) is 0 Å². The summed E-state index contributed by atoms with van der Waals surface area (Å²) in [6.07, 6.45) is 11.1. The Labute approximate surface area is 108 Å². The lowest BCUT2D eigenvalue weighted by Gasteiger charge is -2.11. The fourth-order valence-corrected chi connectivity index (χ4v) is 1.92. The van der Waals surface area contributed by atoms with E-state index in [4.69, 9.17) is 9.47 Å². The van der Waals surface area contributed by atoms with Crippen molar-refractivity contribution in [3.8, 4) is 0 Å². The monoisotopic (exact) mass is 244 g/mol. The first-order valence-corrected chi connectivity index (χ1v) is 7.50. The Morgan fingerprint density at radius 2 is 1.41 bits per heavy atom. The normalized spacial score (nSPS) is 12.9. The summed E-state index contributed by atoms with van der Waals surface area (Å²) in [6.45, 7) is 8.77. The molecule has 1 atom stereocenters. The summed E-state index contributed by atoms with van der Waals surface area (Å²) in [4.78, 5) is 0. The number of hydrogen-bond donors (Lipinski definition) is 0. The third kappa shape index (κ3) is 13.9. The smallest absolute Gasteiger partial charge is 0.0780 e. The van der Waals surface area contributed by atoms with E-state index in [1.807, 2.05) is 6.92 Å². The second kappa shape index (κ2) is 14.0. The summed E-state index contributed by atoms with van der Waals surface area (Å²) < 4.78 is 11.0. The first kappa shape index (κ1) is 16.9. The minimum absolute atomic E-state index is 0.244. The third-order valence-corrected chi connectivity index (χ3v) is 2.95. The van der Waals surface area contributed by atoms with Crippen LogP contribution in [0.4, 0.5) is 0 Å². The molecule has 0 aliphatic carbocycles. The van der Waals surface area contributed by atoms with E-state index in [2.05, 4.69) is 13.8 Å². The van der Waals surface area contributed by atoms with Crippen LogP contribution >= 0.6 is 0 Å². The van der Waals surface area contributed by atoms with Gasteiger partial charge in [0.1, 0.15) is 0 Å². The summed E-state index contributed by atoms with van der Waals surface area (Å²) in [7, 11) is 0. The van der Waals surface area contributed by atoms with Crippen molar-refractivity contribution in [2.45, 2.75) is 78.2 Å². The predicted octanol–water partition coefficient (Wildman–Crippen LogP) is 4.57. The molecular weight excluding hydrogens is 212 g/mol. The molecular formula is C15H32O2. The summed E-state index contributed by atoms with van der Waals surface area (Å²) in [5.41, 5.74) is 0. The average Bonchev–Trinajstić information content (AvgIpc) is 2.32. The van der Waals surface area contributed by atoms with E-state index in [9.17, 15) is 0 Å². The molecule has 104 valence electrons. The molecule has 0 saturated heterocycles. The minimum atomic E-state index is 0.244. The van der Waals surface area contributed by atoms with Crippen molar-refractivity contribution in [1.82, 2.24) is 0 Å². The highest BCUT2D eigenvalue weighted by molar-refractivity contribution is 4.48. The summed E-state index contributed by atoms with van der Waals surface area (Å²) in [5, 5.41) is 0. The first-order chi connectivity index (χ1) is 8.31. The van der Waals surface area contributed by atoms with Gasteiger partial charge < -0.3 is 9.47 Å². The van der Waals surface area contributed by atoms with E-state index in [1.165, 1.54) is 51.4 Å². The number of rotatable bonds is 13. The van der Waals surface area contributed by atoms with Crippen LogP contribution in [0.15, 0.2) is 0 Å². The Morgan fingerprint density at radius 1 is 0.824 bits per heavy atom. The Balaban J connectivity index is 2.98. The summed E-state index contributed by atoms with van der Waals surface area (Å²) in [6, 6.07) is 0. The van der Waals surface area contributed by atoms with Crippen LogP contribution in [0.2, 0.25) is 0 Å². The standard InChI is InChI=1S/C15H32O2/c1-4-6-7-8-9-10-11-12-13-16-14-15(3)17-5-2/h15H,4-14H2,1-3H3. The molecule has 1 unspecified atom stereocenters. The number of ether oxygens (including phenoxy) is 2. The molecule has 0 saturated carbocycles. The van der Waals surface area contributed by atoms with Gasteiger partial charge in [0.2, 0.25) is 0 Å². The van der Waals surface area contributed by atoms with Crippen molar-refractivity contribution in [2.75, 3.05) is 19.8 Å². The lowest BCUT2D eigenvalue weighted by molar-refractivity contribution is -0.00235. The van der Waals surface area contributed by atoms with Gasteiger partial charge in [-0.1, -0.05) is 51.9 Å². The first-order valence-electron chi connectivity index (χ1n) is 7.50. The van der Waals surface area contributed by atoms with Crippen LogP contribution < -0.4 is 0 Å². The molecule has 0 radical (unpaired) electrons. The molecule has 0 N–H and O–H groups in total. The molecule has 2 heteroatoms. The van der Waals surface area contributed by atoms with E-state index >= 15 is 0 Å². The molecule has 0 aromatic rings. The zero-order valence-corrected chi connectivity index (χ0v) is 12.2. The van der Waals surface area contributed by atoms with Crippen LogP contribution in [0.5, 0.6) is 0 Å². The molecule has 0 aromatic heterocycles. The van der Waals surface area contributed by atoms with E-state index in [-0.39, 0.29) is 6.10 Å². The van der Waals surface area contributed by atoms with Gasteiger partial charge in [-0.05, 0) is 20.3 Å². The van der Waals surface area contributed by atoms with Crippen LogP contribution in [0, 0.1) is 0 Å². The van der Waals surface area contributed by atoms with Gasteiger partial charge in [0, 0.05) is 13.2 Å². The van der Waals surface area contributed by atoms with E-state index in [0.717, 1.165) is 19.8 Å². The second-order valence-corrected chi connectivity index (χ2v) is 4.82. The summed E-state index contributed by atoms with van der Waals surface area (Å²) >= 11 is 0. The predicted molar refractivity (Wildman–Crippen MR) is 74.5 cm³/mol. The van der Waals surface area contributed by atoms with Gasteiger partial charge in [0.15, 0.2) is 0 Å². The van der Waals surface area contributed by atoms with Crippen LogP contribution in [-0.2, 0) is 9.47 Å². The largest absolute Gasteiger partial charge is 0.379 e. The molecule has 0 amide bonds. The highest BCUT2D eigenvalue weighted by atomic mass is 16.5. The molecule has 0 aliphatic rings. The van der Waals surface area contributed by atoms with Gasteiger partial charge in [-0.25, -0.2) is 0 Å². The van der Waals surface area contributed by atoms with Gasteiger partial charge in [-0.3, -0.25) is 0 Å². The zero-order chi connectivity index (χ0) is 12.8. The fraction of sp³-hybridized carbons (Fsp3) is 1.00. The van der Waals surface area contributed by atoms with E-state index < -0.39 is 0 Å². The molecule has 0 aromatic carbocycles. The van der Waals surface area contributed by atoms with Crippen LogP contribution in [0.25, 0.3) is 0 Å². The maximum absolute atomic E-state index is 5.57. The quantitative estimate of drug-likeness (QED) is 0.442. The Bertz CT molecular complexity index is 137. The fourth-order valence-electron chi connectivity index (χ4n) is 1.92. The number of hydrogen-bond acceptors (Lipinski definition) is 2. The molecule has 0 fully saturated rings. The Morgan fingerprint density at radius 3 is 2.00 bits per heavy atom. The SMILES string of the molecule is CCCCCCCCCCOCC(C)OCC. The van der Waals surface area contributed by atoms with Gasteiger partial charge in [0.25, 0.3) is 0 Å². The average molecular weight is 244 g/mol. The van der Waals surface area contributed by atoms with Crippen molar-refractivity contribution >= 4 is 0 Å². The third-order valence-electron chi connectivity index (χ3n) is 2.95. The maximum Gasteiger partial charge on any atom is 0.0780 e. The minimum Gasteiger partial charge on any atom is -0.379 e. The topological polar surface area (TPSA) is 18.5 Å². The van der Waals surface area contributed by atoms with Crippen molar-refractivity contribution in [2.24, 2.45) is 0 Å². The van der Waals surface area contributed by atoms with E-state index in [0.29, 0.717) is 0 Å². The van der Waals surface area contributed by atoms with Crippen molar-refractivity contribution < 1.29 is 9.47 Å². The van der Waals surface area contributed by atoms with Crippen LogP contribution in [-0.4, -0.2) is 25.9 Å². The van der Waals surface area contributed by atoms with Gasteiger partial charge in [-0.2, -0.15) is 0 Å². The van der Waals surface area contributed by atoms with E-state index in [1.54, 1.807) is 0 Å². The Hall–Kier alpha value is -0.0800. The Kier molecular flexibility index (Phi) is 13.9. The zero-order valence-electron chi connectivity index (χ0n) is 12.2. The van der Waals surface area contributed by atoms with Crippen molar-refractivity contribution in [3.05, 3.63) is 0 Å². The molecule has 17 heavy (non-hydrogen) atoms. The summed E-state index contributed by atoms with van der Waals surface area (Å²) in [5.74, 6) is 0. The van der Waals surface area contributed by atoms with Gasteiger partial charge in [0.05, 0.1) is 12.7 Å². The highest BCUT2D eigenvalue weighted by Gasteiger charge is 1.99. The highest BCUT2D eigenvalue weighted by Crippen LogP contribution is 2.08. The van der Waals surface area contributed by atoms with Crippen molar-refractivity contribution in [1.29, 1.82) is 0 Å². The molecule has 0 bridgehead atoms. The lowest BCUT2D eigenvalue weighted by Crippen LogP contribution is -2.16. The van der Waals surface area contributed by atoms with Gasteiger partial charge >= 0.3 is 0 Å². The van der Waals surface area contributed by atoms with Gasteiger partial charge in [-0.15, -0.1) is 0 Å². The van der Waals surface area contributed by atoms with Crippen molar-refractivity contribution in [3.63, 3.8) is 0 Å². The van der Waals surface area contributed by atoms with Crippen LogP contribution in [0.1, 0.15) is 72.1 Å². The number of unbranched alkanes of at least 4 members (excludes halogenated alkanes) is 7. The maximum atomic E-state index is 5.57. The molecule has 0 aliphatic heterocycles. The molecule has 2 nitrogen and oxygen atoms in total. The lowest BCUT2D eigenvalue weighted by atomic mass is 10.1. The molecule has 0 heterocycles. The molecule has 0 spiro atoms. The second-order valence-electron chi connectivity index (χ2n) is 4.82.